The fourth-order valence-corrected chi connectivity index (χ4v) is 2.41. The van der Waals surface area contributed by atoms with E-state index >= 15 is 0 Å². The van der Waals surface area contributed by atoms with Crippen molar-refractivity contribution in [2.24, 2.45) is 17.8 Å². The molecule has 2 nitrogen and oxygen atoms in total. The van der Waals surface area contributed by atoms with Crippen molar-refractivity contribution in [2.75, 3.05) is 0 Å². The highest BCUT2D eigenvalue weighted by Crippen LogP contribution is 2.44. The largest absolute Gasteiger partial charge is 0.478 e. The minimum absolute atomic E-state index is 0.478. The predicted octanol–water partition coefficient (Wildman–Crippen LogP) is 2.23. The average Bonchev–Trinajstić information content (AvgIpc) is 2.64. The van der Waals surface area contributed by atoms with Gasteiger partial charge < -0.3 is 5.11 Å². The fourth-order valence-electron chi connectivity index (χ4n) is 2.41. The SMILES string of the molecule is CC(=CC1CC2C=CC1C2)C(=O)O. The Bertz CT molecular complexity index is 288. The molecule has 0 radical (unpaired) electrons. The van der Waals surface area contributed by atoms with E-state index in [9.17, 15) is 4.79 Å². The summed E-state index contributed by atoms with van der Waals surface area (Å²) in [7, 11) is 0. The quantitative estimate of drug-likeness (QED) is 0.520. The summed E-state index contributed by atoms with van der Waals surface area (Å²) in [5, 5.41) is 8.73. The van der Waals surface area contributed by atoms with Gasteiger partial charge in [-0.25, -0.2) is 4.79 Å². The van der Waals surface area contributed by atoms with Gasteiger partial charge in [-0.05, 0) is 37.5 Å². The monoisotopic (exact) mass is 178 g/mol. The Morgan fingerprint density at radius 3 is 2.69 bits per heavy atom. The van der Waals surface area contributed by atoms with Crippen LogP contribution in [0.3, 0.4) is 0 Å². The van der Waals surface area contributed by atoms with E-state index in [2.05, 4.69) is 12.2 Å². The maximum absolute atomic E-state index is 10.6. The number of carboxylic acid groups (broad SMARTS) is 1. The lowest BCUT2D eigenvalue weighted by atomic mass is 9.92. The molecular formula is C11H14O2. The molecule has 0 aromatic carbocycles. The van der Waals surface area contributed by atoms with E-state index in [0.717, 1.165) is 6.42 Å². The number of hydrogen-bond acceptors (Lipinski definition) is 1. The van der Waals surface area contributed by atoms with Gasteiger partial charge in [0.25, 0.3) is 0 Å². The van der Waals surface area contributed by atoms with E-state index in [0.29, 0.717) is 23.3 Å². The Hall–Kier alpha value is -1.05. The number of hydrogen-bond donors (Lipinski definition) is 1. The molecule has 1 saturated carbocycles. The topological polar surface area (TPSA) is 37.3 Å². The van der Waals surface area contributed by atoms with Crippen LogP contribution in [0.15, 0.2) is 23.8 Å². The molecule has 2 heteroatoms. The van der Waals surface area contributed by atoms with Gasteiger partial charge >= 0.3 is 5.97 Å². The Morgan fingerprint density at radius 1 is 1.46 bits per heavy atom. The first-order valence-electron chi connectivity index (χ1n) is 4.77. The lowest BCUT2D eigenvalue weighted by Crippen LogP contribution is -2.06. The van der Waals surface area contributed by atoms with Gasteiger partial charge in [0, 0.05) is 5.57 Å². The second-order valence-electron chi connectivity index (χ2n) is 4.10. The van der Waals surface area contributed by atoms with Crippen LogP contribution in [-0.4, -0.2) is 11.1 Å². The zero-order valence-electron chi connectivity index (χ0n) is 7.73. The van der Waals surface area contributed by atoms with Gasteiger partial charge in [0.2, 0.25) is 0 Å². The summed E-state index contributed by atoms with van der Waals surface area (Å²) in [6, 6.07) is 0. The first-order chi connectivity index (χ1) is 6.16. The first-order valence-corrected chi connectivity index (χ1v) is 4.77. The highest BCUT2D eigenvalue weighted by atomic mass is 16.4. The Balaban J connectivity index is 2.08. The molecule has 0 spiro atoms. The van der Waals surface area contributed by atoms with Crippen LogP contribution in [0.1, 0.15) is 19.8 Å². The molecule has 0 amide bonds. The van der Waals surface area contributed by atoms with Crippen LogP contribution in [0.2, 0.25) is 0 Å². The molecule has 1 fully saturated rings. The van der Waals surface area contributed by atoms with Crippen molar-refractivity contribution in [1.29, 1.82) is 0 Å². The highest BCUT2D eigenvalue weighted by molar-refractivity contribution is 5.85. The van der Waals surface area contributed by atoms with Crippen LogP contribution in [0.25, 0.3) is 0 Å². The third kappa shape index (κ3) is 1.53. The molecular weight excluding hydrogens is 164 g/mol. The van der Waals surface area contributed by atoms with Gasteiger partial charge in [-0.1, -0.05) is 18.2 Å². The third-order valence-corrected chi connectivity index (χ3v) is 3.13. The third-order valence-electron chi connectivity index (χ3n) is 3.13. The summed E-state index contributed by atoms with van der Waals surface area (Å²) in [5.74, 6) is 1.02. The van der Waals surface area contributed by atoms with E-state index in [4.69, 9.17) is 5.11 Å². The number of allylic oxidation sites excluding steroid dienone is 3. The van der Waals surface area contributed by atoms with Gasteiger partial charge in [-0.2, -0.15) is 0 Å². The number of aliphatic carboxylic acids is 1. The molecule has 2 aliphatic rings. The lowest BCUT2D eigenvalue weighted by molar-refractivity contribution is -0.132. The molecule has 1 N–H and O–H groups in total. The predicted molar refractivity (Wildman–Crippen MR) is 50.2 cm³/mol. The molecule has 2 rings (SSSR count). The van der Waals surface area contributed by atoms with Crippen LogP contribution < -0.4 is 0 Å². The van der Waals surface area contributed by atoms with Crippen molar-refractivity contribution in [1.82, 2.24) is 0 Å². The van der Waals surface area contributed by atoms with Crippen molar-refractivity contribution in [2.45, 2.75) is 19.8 Å². The molecule has 2 bridgehead atoms. The number of rotatable bonds is 2. The van der Waals surface area contributed by atoms with Gasteiger partial charge in [-0.3, -0.25) is 0 Å². The van der Waals surface area contributed by atoms with E-state index in [1.165, 1.54) is 6.42 Å². The normalized spacial score (nSPS) is 37.0. The molecule has 13 heavy (non-hydrogen) atoms. The molecule has 0 aliphatic heterocycles. The second kappa shape index (κ2) is 3.02. The van der Waals surface area contributed by atoms with Crippen molar-refractivity contribution in [3.63, 3.8) is 0 Å². The zero-order chi connectivity index (χ0) is 9.42. The summed E-state index contributed by atoms with van der Waals surface area (Å²) in [5.41, 5.74) is 0.492. The molecule has 3 unspecified atom stereocenters. The van der Waals surface area contributed by atoms with Crippen molar-refractivity contribution in [3.8, 4) is 0 Å². The summed E-state index contributed by atoms with van der Waals surface area (Å²) in [6.45, 7) is 1.68. The molecule has 0 heterocycles. The van der Waals surface area contributed by atoms with Gasteiger partial charge in [0.1, 0.15) is 0 Å². The van der Waals surface area contributed by atoms with E-state index in [-0.39, 0.29) is 0 Å². The van der Waals surface area contributed by atoms with Crippen molar-refractivity contribution >= 4 is 5.97 Å². The highest BCUT2D eigenvalue weighted by Gasteiger charge is 2.34. The second-order valence-corrected chi connectivity index (χ2v) is 4.10. The number of carboxylic acids is 1. The molecule has 70 valence electrons. The number of fused-ring (bicyclic) bond motifs is 2. The summed E-state index contributed by atoms with van der Waals surface area (Å²) in [4.78, 5) is 10.6. The van der Waals surface area contributed by atoms with Crippen molar-refractivity contribution < 1.29 is 9.90 Å². The molecule has 0 aromatic heterocycles. The first kappa shape index (κ1) is 8.54. The van der Waals surface area contributed by atoms with E-state index in [1.54, 1.807) is 6.92 Å². The summed E-state index contributed by atoms with van der Waals surface area (Å²) < 4.78 is 0. The van der Waals surface area contributed by atoms with Crippen molar-refractivity contribution in [3.05, 3.63) is 23.8 Å². The summed E-state index contributed by atoms with van der Waals surface area (Å²) >= 11 is 0. The Labute approximate surface area is 78.0 Å². The van der Waals surface area contributed by atoms with Crippen LogP contribution in [-0.2, 0) is 4.79 Å². The van der Waals surface area contributed by atoms with Gasteiger partial charge in [0.15, 0.2) is 0 Å². The smallest absolute Gasteiger partial charge is 0.330 e. The minimum atomic E-state index is -0.785. The fraction of sp³-hybridized carbons (Fsp3) is 0.545. The number of carbonyl (C=O) groups is 1. The average molecular weight is 178 g/mol. The zero-order valence-corrected chi connectivity index (χ0v) is 7.73. The maximum Gasteiger partial charge on any atom is 0.330 e. The van der Waals surface area contributed by atoms with Crippen LogP contribution in [0.4, 0.5) is 0 Å². The van der Waals surface area contributed by atoms with E-state index < -0.39 is 5.97 Å². The molecule has 0 saturated heterocycles. The molecule has 0 aromatic rings. The standard InChI is InChI=1S/C11H14O2/c1-7(11(12)13)4-10-6-8-2-3-9(10)5-8/h2-4,8-10H,5-6H2,1H3,(H,12,13). The van der Waals surface area contributed by atoms with Gasteiger partial charge in [0.05, 0.1) is 0 Å². The van der Waals surface area contributed by atoms with Gasteiger partial charge in [-0.15, -0.1) is 0 Å². The summed E-state index contributed by atoms with van der Waals surface area (Å²) in [6.07, 6.45) is 8.81. The molecule has 3 atom stereocenters. The van der Waals surface area contributed by atoms with Crippen LogP contribution in [0.5, 0.6) is 0 Å². The Morgan fingerprint density at radius 2 is 2.23 bits per heavy atom. The maximum atomic E-state index is 10.6. The Kier molecular flexibility index (Phi) is 1.98. The van der Waals surface area contributed by atoms with Crippen LogP contribution >= 0.6 is 0 Å². The minimum Gasteiger partial charge on any atom is -0.478 e. The molecule has 2 aliphatic carbocycles. The van der Waals surface area contributed by atoms with Crippen LogP contribution in [0, 0.1) is 17.8 Å². The lowest BCUT2D eigenvalue weighted by Gasteiger charge is -2.13. The van der Waals surface area contributed by atoms with E-state index in [1.807, 2.05) is 6.08 Å².